The molecule has 0 spiro atoms. The van der Waals surface area contributed by atoms with Crippen molar-refractivity contribution in [1.82, 2.24) is 4.98 Å². The molecule has 1 aromatic rings. The fraction of sp³-hybridized carbons (Fsp3) is 0.250. The number of nitrogens with zero attached hydrogens (tertiary/aromatic N) is 1. The Labute approximate surface area is 62.5 Å². The van der Waals surface area contributed by atoms with Gasteiger partial charge < -0.3 is 5.73 Å². The molecule has 0 fully saturated rings. The van der Waals surface area contributed by atoms with Crippen LogP contribution in [0.25, 0.3) is 0 Å². The lowest BCUT2D eigenvalue weighted by Gasteiger charge is -1.72. The number of nitrogen functional groups attached to an aromatic ring is 1. The highest BCUT2D eigenvalue weighted by molar-refractivity contribution is 8.93. The maximum Gasteiger partial charge on any atom is 0.180 e. The number of nitrogens with two attached hydrogens (primary N) is 1. The average Bonchev–Trinajstić information content (AvgIpc) is 1.87. The van der Waals surface area contributed by atoms with Crippen LogP contribution in [0.15, 0.2) is 5.38 Å². The van der Waals surface area contributed by atoms with Gasteiger partial charge in [0.2, 0.25) is 0 Å². The number of hydrogen-bond acceptors (Lipinski definition) is 3. The highest BCUT2D eigenvalue weighted by Gasteiger charge is 1.86. The van der Waals surface area contributed by atoms with Crippen molar-refractivity contribution < 1.29 is 0 Å². The molecule has 0 amide bonds. The molecular formula is C4H7BrN2S. The van der Waals surface area contributed by atoms with Gasteiger partial charge in [-0.1, -0.05) is 0 Å². The molecule has 4 heteroatoms. The van der Waals surface area contributed by atoms with Gasteiger partial charge in [0.25, 0.3) is 0 Å². The summed E-state index contributed by atoms with van der Waals surface area (Å²) in [7, 11) is 0. The first-order valence-corrected chi connectivity index (χ1v) is 2.84. The Morgan fingerprint density at radius 2 is 2.38 bits per heavy atom. The van der Waals surface area contributed by atoms with Crippen molar-refractivity contribution in [2.45, 2.75) is 6.92 Å². The van der Waals surface area contributed by atoms with Crippen LogP contribution in [0.2, 0.25) is 0 Å². The van der Waals surface area contributed by atoms with Gasteiger partial charge in [-0.05, 0) is 6.92 Å². The largest absolute Gasteiger partial charge is 0.375 e. The van der Waals surface area contributed by atoms with Crippen LogP contribution in [-0.2, 0) is 0 Å². The quantitative estimate of drug-likeness (QED) is 0.682. The third kappa shape index (κ3) is 1.79. The Kier molecular flexibility index (Phi) is 3.01. The maximum atomic E-state index is 5.29. The molecule has 2 N–H and O–H groups in total. The first kappa shape index (κ1) is 7.91. The lowest BCUT2D eigenvalue weighted by atomic mass is 10.6. The number of hydrogen-bond donors (Lipinski definition) is 1. The van der Waals surface area contributed by atoms with Gasteiger partial charge >= 0.3 is 0 Å². The third-order valence-electron chi connectivity index (χ3n) is 0.637. The number of aromatic nitrogens is 1. The van der Waals surface area contributed by atoms with E-state index in [1.165, 1.54) is 11.3 Å². The van der Waals surface area contributed by atoms with Crippen molar-refractivity contribution in [1.29, 1.82) is 0 Å². The van der Waals surface area contributed by atoms with Crippen molar-refractivity contribution in [2.75, 3.05) is 5.73 Å². The van der Waals surface area contributed by atoms with Crippen molar-refractivity contribution in [3.05, 3.63) is 11.1 Å². The Balaban J connectivity index is 0.000000490. The molecule has 0 bridgehead atoms. The fourth-order valence-corrected chi connectivity index (χ4v) is 0.913. The molecule has 0 aromatic carbocycles. The minimum atomic E-state index is 0. The van der Waals surface area contributed by atoms with E-state index in [0.717, 1.165) is 5.69 Å². The van der Waals surface area contributed by atoms with Crippen LogP contribution in [0.5, 0.6) is 0 Å². The van der Waals surface area contributed by atoms with E-state index in [1.807, 2.05) is 12.3 Å². The first-order valence-electron chi connectivity index (χ1n) is 1.96. The molecule has 1 rings (SSSR count). The highest BCUT2D eigenvalue weighted by Crippen LogP contribution is 2.08. The number of thiazole rings is 1. The van der Waals surface area contributed by atoms with Crippen LogP contribution < -0.4 is 5.73 Å². The van der Waals surface area contributed by atoms with Crippen molar-refractivity contribution in [3.8, 4) is 0 Å². The van der Waals surface area contributed by atoms with E-state index in [-0.39, 0.29) is 17.0 Å². The molecule has 1 aromatic heterocycles. The Hall–Kier alpha value is -0.0900. The highest BCUT2D eigenvalue weighted by atomic mass is 79.9. The monoisotopic (exact) mass is 194 g/mol. The van der Waals surface area contributed by atoms with Crippen molar-refractivity contribution in [2.24, 2.45) is 0 Å². The van der Waals surface area contributed by atoms with E-state index >= 15 is 0 Å². The summed E-state index contributed by atoms with van der Waals surface area (Å²) in [4.78, 5) is 3.91. The molecule has 1 heterocycles. The van der Waals surface area contributed by atoms with Gasteiger partial charge in [0.15, 0.2) is 5.13 Å². The smallest absolute Gasteiger partial charge is 0.180 e. The van der Waals surface area contributed by atoms with Crippen LogP contribution in [0, 0.1) is 6.92 Å². The lowest BCUT2D eigenvalue weighted by molar-refractivity contribution is 1.27. The summed E-state index contributed by atoms with van der Waals surface area (Å²) in [5, 5.41) is 2.58. The van der Waals surface area contributed by atoms with E-state index in [4.69, 9.17) is 5.73 Å². The van der Waals surface area contributed by atoms with Crippen LogP contribution in [0.1, 0.15) is 5.69 Å². The van der Waals surface area contributed by atoms with Gasteiger partial charge in [-0.3, -0.25) is 0 Å². The van der Waals surface area contributed by atoms with Gasteiger partial charge in [0, 0.05) is 5.38 Å². The minimum Gasteiger partial charge on any atom is -0.375 e. The van der Waals surface area contributed by atoms with Gasteiger partial charge in [-0.2, -0.15) is 0 Å². The summed E-state index contributed by atoms with van der Waals surface area (Å²) < 4.78 is 0. The number of aryl methyl sites for hydroxylation is 1. The Bertz CT molecular complexity index is 146. The van der Waals surface area contributed by atoms with E-state index in [9.17, 15) is 0 Å². The standard InChI is InChI=1S/C4H6N2S.BrH/c1-3-2-7-4(5)6-3;/h2H,1H3,(H2,5,6);1H. The lowest BCUT2D eigenvalue weighted by Crippen LogP contribution is -1.80. The predicted molar refractivity (Wildman–Crippen MR) is 41.6 cm³/mol. The zero-order chi connectivity index (χ0) is 5.28. The molecule has 0 aliphatic carbocycles. The van der Waals surface area contributed by atoms with E-state index < -0.39 is 0 Å². The zero-order valence-electron chi connectivity index (χ0n) is 4.42. The molecule has 0 aliphatic rings. The second kappa shape index (κ2) is 3.04. The molecule has 0 saturated heterocycles. The minimum absolute atomic E-state index is 0. The molecule has 0 unspecified atom stereocenters. The molecule has 0 aliphatic heterocycles. The average molecular weight is 195 g/mol. The summed E-state index contributed by atoms with van der Waals surface area (Å²) in [5.74, 6) is 0. The second-order valence-corrected chi connectivity index (χ2v) is 2.22. The molecular weight excluding hydrogens is 188 g/mol. The molecule has 46 valence electrons. The Morgan fingerprint density at radius 3 is 2.50 bits per heavy atom. The van der Waals surface area contributed by atoms with Crippen molar-refractivity contribution >= 4 is 33.4 Å². The number of halogens is 1. The van der Waals surface area contributed by atoms with E-state index in [2.05, 4.69) is 4.98 Å². The molecule has 2 nitrogen and oxygen atoms in total. The molecule has 0 saturated carbocycles. The summed E-state index contributed by atoms with van der Waals surface area (Å²) in [6, 6.07) is 0. The first-order chi connectivity index (χ1) is 3.29. The van der Waals surface area contributed by atoms with Gasteiger partial charge in [0.1, 0.15) is 0 Å². The number of rotatable bonds is 0. The van der Waals surface area contributed by atoms with Crippen molar-refractivity contribution in [3.63, 3.8) is 0 Å². The normalized spacial score (nSPS) is 8.12. The molecule has 0 radical (unpaired) electrons. The molecule has 8 heavy (non-hydrogen) atoms. The predicted octanol–water partition coefficient (Wildman–Crippen LogP) is 1.61. The maximum absolute atomic E-state index is 5.29. The summed E-state index contributed by atoms with van der Waals surface area (Å²) >= 11 is 1.47. The number of anilines is 1. The van der Waals surface area contributed by atoms with Crippen LogP contribution in [0.3, 0.4) is 0 Å². The van der Waals surface area contributed by atoms with E-state index in [0.29, 0.717) is 5.13 Å². The topological polar surface area (TPSA) is 38.9 Å². The second-order valence-electron chi connectivity index (χ2n) is 1.33. The summed E-state index contributed by atoms with van der Waals surface area (Å²) in [6.45, 7) is 1.92. The zero-order valence-corrected chi connectivity index (χ0v) is 6.95. The third-order valence-corrected chi connectivity index (χ3v) is 1.43. The molecule has 0 atom stereocenters. The van der Waals surface area contributed by atoms with Gasteiger partial charge in [-0.25, -0.2) is 4.98 Å². The van der Waals surface area contributed by atoms with Gasteiger partial charge in [0.05, 0.1) is 5.69 Å². The van der Waals surface area contributed by atoms with E-state index in [1.54, 1.807) is 0 Å². The summed E-state index contributed by atoms with van der Waals surface area (Å²) in [6.07, 6.45) is 0. The van der Waals surface area contributed by atoms with Crippen LogP contribution >= 0.6 is 28.3 Å². The Morgan fingerprint density at radius 1 is 1.75 bits per heavy atom. The summed E-state index contributed by atoms with van der Waals surface area (Å²) in [5.41, 5.74) is 6.29. The van der Waals surface area contributed by atoms with Crippen LogP contribution in [-0.4, -0.2) is 4.98 Å². The SMILES string of the molecule is Br.Cc1csc(N)n1. The van der Waals surface area contributed by atoms with Gasteiger partial charge in [-0.15, -0.1) is 28.3 Å². The fourth-order valence-electron chi connectivity index (χ4n) is 0.372. The van der Waals surface area contributed by atoms with Crippen LogP contribution in [0.4, 0.5) is 5.13 Å².